The van der Waals surface area contributed by atoms with Crippen molar-refractivity contribution in [2.24, 2.45) is 0 Å². The van der Waals surface area contributed by atoms with E-state index in [2.05, 4.69) is 4.98 Å². The minimum absolute atomic E-state index is 0.135. The Morgan fingerprint density at radius 1 is 1.00 bits per heavy atom. The first-order valence-corrected chi connectivity index (χ1v) is 11.2. The third-order valence-corrected chi connectivity index (χ3v) is 5.92. The van der Waals surface area contributed by atoms with Crippen LogP contribution in [0.4, 0.5) is 8.78 Å². The van der Waals surface area contributed by atoms with Crippen LogP contribution in [0.15, 0.2) is 79.0 Å². The molecular formula is C28H21F2N3O3. The van der Waals surface area contributed by atoms with E-state index in [1.165, 1.54) is 12.1 Å². The van der Waals surface area contributed by atoms with Gasteiger partial charge in [0.1, 0.15) is 23.1 Å². The highest BCUT2D eigenvalue weighted by Crippen LogP contribution is 2.30. The van der Waals surface area contributed by atoms with Crippen LogP contribution in [0, 0.1) is 11.6 Å². The predicted molar refractivity (Wildman–Crippen MR) is 131 cm³/mol. The number of methoxy groups -OCH3 is 1. The highest BCUT2D eigenvalue weighted by Gasteiger charge is 2.17. The molecule has 0 fully saturated rings. The summed E-state index contributed by atoms with van der Waals surface area (Å²) in [5, 5.41) is 14.9. The second-order valence-corrected chi connectivity index (χ2v) is 8.37. The van der Waals surface area contributed by atoms with E-state index in [0.717, 1.165) is 23.4 Å². The maximum atomic E-state index is 14.3. The largest absolute Gasteiger partial charge is 0.497 e. The maximum absolute atomic E-state index is 14.3. The molecule has 0 amide bonds. The van der Waals surface area contributed by atoms with Gasteiger partial charge >= 0.3 is 5.97 Å². The molecule has 3 aromatic carbocycles. The second-order valence-electron chi connectivity index (χ2n) is 8.37. The van der Waals surface area contributed by atoms with Gasteiger partial charge < -0.3 is 9.84 Å². The summed E-state index contributed by atoms with van der Waals surface area (Å²) in [5.74, 6) is -1.32. The van der Waals surface area contributed by atoms with Crippen molar-refractivity contribution in [1.82, 2.24) is 14.8 Å². The van der Waals surface area contributed by atoms with Gasteiger partial charge in [-0.2, -0.15) is 5.10 Å². The van der Waals surface area contributed by atoms with Crippen LogP contribution in [-0.4, -0.2) is 33.0 Å². The Labute approximate surface area is 205 Å². The highest BCUT2D eigenvalue weighted by molar-refractivity contribution is 5.94. The van der Waals surface area contributed by atoms with E-state index in [1.54, 1.807) is 36.2 Å². The molecular weight excluding hydrogens is 464 g/mol. The first-order chi connectivity index (χ1) is 17.4. The van der Waals surface area contributed by atoms with Gasteiger partial charge in [-0.1, -0.05) is 24.3 Å². The monoisotopic (exact) mass is 485 g/mol. The number of carbonyl (C=O) groups is 1. The van der Waals surface area contributed by atoms with E-state index in [0.29, 0.717) is 34.4 Å². The Kier molecular flexibility index (Phi) is 6.16. The van der Waals surface area contributed by atoms with Crippen LogP contribution in [0.2, 0.25) is 0 Å². The van der Waals surface area contributed by atoms with Crippen LogP contribution < -0.4 is 4.74 Å². The Morgan fingerprint density at radius 3 is 2.56 bits per heavy atom. The summed E-state index contributed by atoms with van der Waals surface area (Å²) in [6.07, 6.45) is 1.77. The molecule has 6 nitrogen and oxygen atoms in total. The fraction of sp³-hybridized carbons (Fsp3) is 0.107. The van der Waals surface area contributed by atoms with E-state index in [-0.39, 0.29) is 17.5 Å². The van der Waals surface area contributed by atoms with Crippen molar-refractivity contribution in [3.8, 4) is 17.0 Å². The fourth-order valence-electron chi connectivity index (χ4n) is 4.12. The van der Waals surface area contributed by atoms with Gasteiger partial charge in [-0.25, -0.2) is 23.2 Å². The summed E-state index contributed by atoms with van der Waals surface area (Å²) in [6, 6.07) is 19.3. The van der Waals surface area contributed by atoms with Gasteiger partial charge in [0.2, 0.25) is 0 Å². The highest BCUT2D eigenvalue weighted by atomic mass is 19.1. The molecule has 0 radical (unpaired) electrons. The first-order valence-electron chi connectivity index (χ1n) is 11.2. The quantitative estimate of drug-likeness (QED) is 0.319. The number of pyridine rings is 1. The Bertz CT molecular complexity index is 1580. The van der Waals surface area contributed by atoms with Crippen molar-refractivity contribution < 1.29 is 23.4 Å². The molecule has 1 N–H and O–H groups in total. The molecule has 5 aromatic rings. The molecule has 0 saturated carbocycles. The zero-order valence-corrected chi connectivity index (χ0v) is 19.3. The number of carboxylic acids is 1. The number of hydrogen-bond acceptors (Lipinski definition) is 4. The molecule has 0 spiro atoms. The third-order valence-electron chi connectivity index (χ3n) is 5.92. The number of aromatic carboxylic acids is 1. The molecule has 0 saturated heterocycles. The lowest BCUT2D eigenvalue weighted by molar-refractivity contribution is 0.0697. The zero-order valence-electron chi connectivity index (χ0n) is 19.3. The summed E-state index contributed by atoms with van der Waals surface area (Å²) < 4.78 is 34.9. The molecule has 180 valence electrons. The lowest BCUT2D eigenvalue weighted by Crippen LogP contribution is -2.03. The van der Waals surface area contributed by atoms with Gasteiger partial charge in [-0.15, -0.1) is 0 Å². The van der Waals surface area contributed by atoms with Crippen LogP contribution in [-0.2, 0) is 13.0 Å². The molecule has 2 aromatic heterocycles. The lowest BCUT2D eigenvalue weighted by Gasteiger charge is -2.06. The van der Waals surface area contributed by atoms with E-state index < -0.39 is 17.6 Å². The zero-order chi connectivity index (χ0) is 25.2. The molecule has 0 aliphatic rings. The van der Waals surface area contributed by atoms with Gasteiger partial charge in [-0.05, 0) is 65.2 Å². The van der Waals surface area contributed by atoms with Crippen LogP contribution in [0.5, 0.6) is 5.75 Å². The molecule has 0 unspecified atom stereocenters. The normalized spacial score (nSPS) is 11.1. The van der Waals surface area contributed by atoms with Crippen molar-refractivity contribution >= 4 is 17.0 Å². The number of hydrogen-bond donors (Lipinski definition) is 1. The number of nitrogens with zero attached hydrogens (tertiary/aromatic N) is 3. The fourth-order valence-corrected chi connectivity index (χ4v) is 4.12. The number of fused-ring (bicyclic) bond motifs is 1. The van der Waals surface area contributed by atoms with E-state index in [4.69, 9.17) is 9.84 Å². The molecule has 0 atom stereocenters. The molecule has 36 heavy (non-hydrogen) atoms. The summed E-state index contributed by atoms with van der Waals surface area (Å²) in [6.45, 7) is 0.421. The molecule has 5 rings (SSSR count). The number of halogens is 2. The molecule has 0 aliphatic carbocycles. The van der Waals surface area contributed by atoms with E-state index in [1.807, 2.05) is 30.3 Å². The lowest BCUT2D eigenvalue weighted by atomic mass is 10.0. The number of ether oxygens (including phenoxy) is 1. The summed E-state index contributed by atoms with van der Waals surface area (Å²) in [7, 11) is 1.60. The summed E-state index contributed by atoms with van der Waals surface area (Å²) in [5.41, 5.74) is 3.75. The topological polar surface area (TPSA) is 77.2 Å². The number of carboxylic acid groups (broad SMARTS) is 1. The van der Waals surface area contributed by atoms with Crippen LogP contribution in [0.3, 0.4) is 0 Å². The molecule has 0 bridgehead atoms. The second kappa shape index (κ2) is 9.58. The van der Waals surface area contributed by atoms with Crippen molar-refractivity contribution in [1.29, 1.82) is 0 Å². The molecule has 0 aliphatic heterocycles. The van der Waals surface area contributed by atoms with E-state index >= 15 is 0 Å². The number of aromatic nitrogens is 3. The smallest absolute Gasteiger partial charge is 0.335 e. The minimum Gasteiger partial charge on any atom is -0.497 e. The Hall–Kier alpha value is -4.59. The van der Waals surface area contributed by atoms with Crippen molar-refractivity contribution in [3.63, 3.8) is 0 Å². The first kappa shape index (κ1) is 23.2. The van der Waals surface area contributed by atoms with Gasteiger partial charge in [0, 0.05) is 23.6 Å². The van der Waals surface area contributed by atoms with Crippen LogP contribution >= 0.6 is 0 Å². The third kappa shape index (κ3) is 4.65. The van der Waals surface area contributed by atoms with Gasteiger partial charge in [0.05, 0.1) is 19.2 Å². The summed E-state index contributed by atoms with van der Waals surface area (Å²) in [4.78, 5) is 16.2. The average Bonchev–Trinajstić information content (AvgIpc) is 3.24. The van der Waals surface area contributed by atoms with Gasteiger partial charge in [0.25, 0.3) is 0 Å². The van der Waals surface area contributed by atoms with Gasteiger partial charge in [0.15, 0.2) is 5.65 Å². The number of benzene rings is 3. The maximum Gasteiger partial charge on any atom is 0.335 e. The standard InChI is InChI=1S/C28H21F2N3O3/c1-36-23-8-5-17(6-9-23)16-33-27-24(26(32-33)19-3-2-4-20(13-19)28(34)35)12-18(15-31-27)11-21-14-22(29)7-10-25(21)30/h2-10,12-15H,11,16H2,1H3,(H,34,35). The summed E-state index contributed by atoms with van der Waals surface area (Å²) >= 11 is 0. The van der Waals surface area contributed by atoms with Crippen molar-refractivity contribution in [2.45, 2.75) is 13.0 Å². The Balaban J connectivity index is 1.61. The predicted octanol–water partition coefficient (Wildman–Crippen LogP) is 5.72. The van der Waals surface area contributed by atoms with Crippen molar-refractivity contribution in [2.75, 3.05) is 7.11 Å². The van der Waals surface area contributed by atoms with Crippen LogP contribution in [0.25, 0.3) is 22.3 Å². The molecule has 2 heterocycles. The van der Waals surface area contributed by atoms with Crippen LogP contribution in [0.1, 0.15) is 27.0 Å². The average molecular weight is 485 g/mol. The van der Waals surface area contributed by atoms with Gasteiger partial charge in [-0.3, -0.25) is 0 Å². The Morgan fingerprint density at radius 2 is 1.81 bits per heavy atom. The molecule has 8 heteroatoms. The van der Waals surface area contributed by atoms with E-state index in [9.17, 15) is 18.7 Å². The SMILES string of the molecule is COc1ccc(Cn2nc(-c3cccc(C(=O)O)c3)c3cc(Cc4cc(F)ccc4F)cnc32)cc1. The number of rotatable bonds is 7. The minimum atomic E-state index is -1.04. The van der Waals surface area contributed by atoms with Crippen molar-refractivity contribution in [3.05, 3.63) is 113 Å².